The van der Waals surface area contributed by atoms with Crippen molar-refractivity contribution in [3.63, 3.8) is 0 Å². The molecule has 1 amide bonds. The van der Waals surface area contributed by atoms with Crippen LogP contribution in [0.25, 0.3) is 11.1 Å². The van der Waals surface area contributed by atoms with Crippen LogP contribution in [0.5, 0.6) is 0 Å². The molecule has 154 valence electrons. The molecule has 1 aliphatic rings. The molecule has 0 radical (unpaired) electrons. The zero-order chi connectivity index (χ0) is 20.5. The van der Waals surface area contributed by atoms with Gasteiger partial charge >= 0.3 is 5.76 Å². The van der Waals surface area contributed by atoms with Crippen molar-refractivity contribution in [2.75, 3.05) is 13.1 Å². The third kappa shape index (κ3) is 4.15. The number of oxazole rings is 1. The Kier molecular flexibility index (Phi) is 5.95. The third-order valence-electron chi connectivity index (χ3n) is 5.47. The molecule has 2 aromatic rings. The number of hydrogen-bond acceptors (Lipinski definition) is 5. The number of piperidine rings is 1. The van der Waals surface area contributed by atoms with Crippen molar-refractivity contribution < 1.29 is 17.6 Å². The van der Waals surface area contributed by atoms with Crippen molar-refractivity contribution >= 4 is 27.0 Å². The number of carbonyl (C=O) groups is 1. The van der Waals surface area contributed by atoms with Gasteiger partial charge in [0, 0.05) is 38.7 Å². The van der Waals surface area contributed by atoms with Crippen LogP contribution in [0.15, 0.2) is 32.3 Å². The molecule has 0 saturated carbocycles. The van der Waals surface area contributed by atoms with Crippen molar-refractivity contribution in [1.29, 1.82) is 0 Å². The van der Waals surface area contributed by atoms with E-state index in [4.69, 9.17) is 4.42 Å². The maximum absolute atomic E-state index is 13.0. The fourth-order valence-electron chi connectivity index (χ4n) is 3.48. The number of rotatable bonds is 6. The monoisotopic (exact) mass is 409 g/mol. The van der Waals surface area contributed by atoms with Crippen LogP contribution < -0.4 is 11.1 Å². The standard InChI is InChI=1S/C19H27N3O5S/c1-4-13(2)20-18(23)11-14-7-9-22(10-8-14)28(25,26)15-5-6-16-17(12-15)27-19(24)21(16)3/h5-6,12-14H,4,7-11H2,1-3H3,(H,20,23)/t13-/m0/s1. The molecule has 0 aliphatic carbocycles. The number of amides is 1. The van der Waals surface area contributed by atoms with Gasteiger partial charge in [-0.1, -0.05) is 6.92 Å². The van der Waals surface area contributed by atoms with Crippen LogP contribution >= 0.6 is 0 Å². The summed E-state index contributed by atoms with van der Waals surface area (Å²) >= 11 is 0. The molecular formula is C19H27N3O5S. The van der Waals surface area contributed by atoms with Crippen molar-refractivity contribution in [2.45, 2.75) is 50.5 Å². The Hall–Kier alpha value is -2.13. The van der Waals surface area contributed by atoms with E-state index in [1.54, 1.807) is 13.1 Å². The maximum atomic E-state index is 13.0. The predicted octanol–water partition coefficient (Wildman–Crippen LogP) is 1.84. The first-order chi connectivity index (χ1) is 13.2. The molecule has 1 aromatic heterocycles. The first-order valence-corrected chi connectivity index (χ1v) is 11.1. The Labute approximate surface area is 164 Å². The fourth-order valence-corrected chi connectivity index (χ4v) is 4.96. The van der Waals surface area contributed by atoms with E-state index < -0.39 is 15.8 Å². The molecule has 1 atom stereocenters. The van der Waals surface area contributed by atoms with Crippen LogP contribution in [0.2, 0.25) is 0 Å². The summed E-state index contributed by atoms with van der Waals surface area (Å²) < 4.78 is 33.8. The molecule has 0 spiro atoms. The largest absolute Gasteiger partial charge is 0.419 e. The van der Waals surface area contributed by atoms with E-state index in [1.165, 1.54) is 21.0 Å². The Balaban J connectivity index is 1.66. The number of nitrogens with one attached hydrogen (secondary N) is 1. The van der Waals surface area contributed by atoms with E-state index in [0.29, 0.717) is 37.9 Å². The lowest BCUT2D eigenvalue weighted by Crippen LogP contribution is -2.40. The number of sulfonamides is 1. The maximum Gasteiger partial charge on any atom is 0.419 e. The highest BCUT2D eigenvalue weighted by atomic mass is 32.2. The average molecular weight is 410 g/mol. The van der Waals surface area contributed by atoms with Crippen LogP contribution in [0.1, 0.15) is 39.5 Å². The van der Waals surface area contributed by atoms with Crippen LogP contribution in [0.3, 0.4) is 0 Å². The summed E-state index contributed by atoms with van der Waals surface area (Å²) in [5.74, 6) is -0.314. The highest BCUT2D eigenvalue weighted by molar-refractivity contribution is 7.89. The SMILES string of the molecule is CC[C@H](C)NC(=O)CC1CCN(S(=O)(=O)c2ccc3c(c2)oc(=O)n3C)CC1. The Morgan fingerprint density at radius 1 is 1.32 bits per heavy atom. The van der Waals surface area contributed by atoms with Gasteiger partial charge in [0.2, 0.25) is 15.9 Å². The van der Waals surface area contributed by atoms with Crippen LogP contribution in [0, 0.1) is 5.92 Å². The third-order valence-corrected chi connectivity index (χ3v) is 7.36. The zero-order valence-corrected chi connectivity index (χ0v) is 17.3. The lowest BCUT2D eigenvalue weighted by atomic mass is 9.94. The number of aryl methyl sites for hydroxylation is 1. The van der Waals surface area contributed by atoms with E-state index >= 15 is 0 Å². The zero-order valence-electron chi connectivity index (χ0n) is 16.5. The molecule has 1 N–H and O–H groups in total. The molecule has 8 nitrogen and oxygen atoms in total. The van der Waals surface area contributed by atoms with Gasteiger partial charge in [-0.05, 0) is 44.2 Å². The number of benzene rings is 1. The number of fused-ring (bicyclic) bond motifs is 1. The van der Waals surface area contributed by atoms with E-state index in [9.17, 15) is 18.0 Å². The minimum absolute atomic E-state index is 0.0280. The molecule has 2 heterocycles. The summed E-state index contributed by atoms with van der Waals surface area (Å²) in [6.45, 7) is 4.74. The normalized spacial score (nSPS) is 17.7. The summed E-state index contributed by atoms with van der Waals surface area (Å²) in [6, 6.07) is 4.63. The summed E-state index contributed by atoms with van der Waals surface area (Å²) in [5.41, 5.74) is 0.806. The molecular weight excluding hydrogens is 382 g/mol. The second-order valence-corrected chi connectivity index (χ2v) is 9.42. The highest BCUT2D eigenvalue weighted by Crippen LogP contribution is 2.27. The van der Waals surface area contributed by atoms with Gasteiger partial charge in [-0.2, -0.15) is 4.31 Å². The predicted molar refractivity (Wildman–Crippen MR) is 105 cm³/mol. The minimum atomic E-state index is -3.67. The molecule has 0 bridgehead atoms. The van der Waals surface area contributed by atoms with E-state index in [2.05, 4.69) is 5.32 Å². The summed E-state index contributed by atoms with van der Waals surface area (Å²) in [7, 11) is -2.10. The van der Waals surface area contributed by atoms with Gasteiger partial charge in [-0.3, -0.25) is 9.36 Å². The highest BCUT2D eigenvalue weighted by Gasteiger charge is 2.30. The number of nitrogens with zero attached hydrogens (tertiary/aromatic N) is 2. The van der Waals surface area contributed by atoms with Crippen LogP contribution in [0.4, 0.5) is 0 Å². The Morgan fingerprint density at radius 3 is 2.64 bits per heavy atom. The van der Waals surface area contributed by atoms with Crippen molar-refractivity contribution in [3.8, 4) is 0 Å². The molecule has 1 aromatic carbocycles. The smallest absolute Gasteiger partial charge is 0.408 e. The summed E-state index contributed by atoms with van der Waals surface area (Å²) in [4.78, 5) is 23.8. The number of hydrogen-bond donors (Lipinski definition) is 1. The van der Waals surface area contributed by atoms with E-state index in [0.717, 1.165) is 6.42 Å². The molecule has 3 rings (SSSR count). The average Bonchev–Trinajstić information content (AvgIpc) is 2.95. The van der Waals surface area contributed by atoms with Crippen LogP contribution in [-0.4, -0.2) is 42.3 Å². The van der Waals surface area contributed by atoms with Gasteiger partial charge in [-0.15, -0.1) is 0 Å². The quantitative estimate of drug-likeness (QED) is 0.784. The Morgan fingerprint density at radius 2 is 2.00 bits per heavy atom. The Bertz CT molecular complexity index is 1020. The number of aromatic nitrogens is 1. The van der Waals surface area contributed by atoms with Crippen molar-refractivity contribution in [2.24, 2.45) is 13.0 Å². The second-order valence-electron chi connectivity index (χ2n) is 7.48. The van der Waals surface area contributed by atoms with Gasteiger partial charge in [0.25, 0.3) is 0 Å². The van der Waals surface area contributed by atoms with Crippen molar-refractivity contribution in [3.05, 3.63) is 28.7 Å². The summed E-state index contributed by atoms with van der Waals surface area (Å²) in [5, 5.41) is 2.96. The molecule has 9 heteroatoms. The van der Waals surface area contributed by atoms with Gasteiger partial charge in [0.05, 0.1) is 10.4 Å². The lowest BCUT2D eigenvalue weighted by molar-refractivity contribution is -0.122. The van der Waals surface area contributed by atoms with Gasteiger partial charge < -0.3 is 9.73 Å². The van der Waals surface area contributed by atoms with Crippen molar-refractivity contribution in [1.82, 2.24) is 14.2 Å². The van der Waals surface area contributed by atoms with E-state index in [-0.39, 0.29) is 28.3 Å². The minimum Gasteiger partial charge on any atom is -0.408 e. The van der Waals surface area contributed by atoms with Crippen LogP contribution in [-0.2, 0) is 21.9 Å². The topological polar surface area (TPSA) is 102 Å². The first kappa shape index (κ1) is 20.6. The first-order valence-electron chi connectivity index (χ1n) is 9.61. The fraction of sp³-hybridized carbons (Fsp3) is 0.579. The van der Waals surface area contributed by atoms with Gasteiger partial charge in [0.1, 0.15) is 0 Å². The molecule has 0 unspecified atom stereocenters. The number of carbonyl (C=O) groups excluding carboxylic acids is 1. The van der Waals surface area contributed by atoms with Gasteiger partial charge in [0.15, 0.2) is 5.58 Å². The molecule has 1 saturated heterocycles. The lowest BCUT2D eigenvalue weighted by Gasteiger charge is -2.31. The molecule has 1 fully saturated rings. The molecule has 28 heavy (non-hydrogen) atoms. The molecule has 1 aliphatic heterocycles. The van der Waals surface area contributed by atoms with Gasteiger partial charge in [-0.25, -0.2) is 13.2 Å². The second kappa shape index (κ2) is 8.08. The summed E-state index contributed by atoms with van der Waals surface area (Å²) in [6.07, 6.45) is 2.61. The van der Waals surface area contributed by atoms with E-state index in [1.807, 2.05) is 13.8 Å².